The second-order valence-corrected chi connectivity index (χ2v) is 6.44. The van der Waals surface area contributed by atoms with Crippen LogP contribution in [0.15, 0.2) is 0 Å². The normalized spacial score (nSPS) is 14.1. The van der Waals surface area contributed by atoms with Crippen molar-refractivity contribution >= 4 is 9.84 Å². The molecule has 0 rings (SSSR count). The van der Waals surface area contributed by atoms with E-state index in [-0.39, 0.29) is 0 Å². The van der Waals surface area contributed by atoms with Crippen LogP contribution >= 0.6 is 0 Å². The molecule has 0 saturated heterocycles. The molecule has 0 aromatic heterocycles. The van der Waals surface area contributed by atoms with Crippen LogP contribution in [0, 0.1) is 0 Å². The van der Waals surface area contributed by atoms with Crippen LogP contribution in [-0.2, 0) is 9.84 Å². The fraction of sp³-hybridized carbons (Fsp3) is 1.00. The lowest BCUT2D eigenvalue weighted by atomic mass is 10.1. The maximum absolute atomic E-state index is 10.9. The Bertz CT molecular complexity index is 237. The van der Waals surface area contributed by atoms with Crippen LogP contribution in [0.25, 0.3) is 0 Å². The highest BCUT2D eigenvalue weighted by molar-refractivity contribution is 7.90. The highest BCUT2D eigenvalue weighted by Gasteiger charge is 2.06. The van der Waals surface area contributed by atoms with Gasteiger partial charge in [0.25, 0.3) is 0 Å². The van der Waals surface area contributed by atoms with Crippen LogP contribution < -0.4 is 5.32 Å². The Morgan fingerprint density at radius 2 is 1.87 bits per heavy atom. The molecule has 0 bridgehead atoms. The molecule has 0 aliphatic rings. The van der Waals surface area contributed by atoms with Crippen LogP contribution in [0.1, 0.15) is 46.0 Å². The van der Waals surface area contributed by atoms with Gasteiger partial charge in [0.15, 0.2) is 0 Å². The summed E-state index contributed by atoms with van der Waals surface area (Å²) in [5.74, 6) is 0.331. The predicted octanol–water partition coefficient (Wildman–Crippen LogP) is 1.98. The summed E-state index contributed by atoms with van der Waals surface area (Å²) >= 11 is 0. The largest absolute Gasteiger partial charge is 0.314 e. The van der Waals surface area contributed by atoms with Gasteiger partial charge in [0, 0.05) is 18.1 Å². The lowest BCUT2D eigenvalue weighted by Gasteiger charge is -2.15. The first-order valence-electron chi connectivity index (χ1n) is 5.90. The van der Waals surface area contributed by atoms with E-state index in [2.05, 4.69) is 19.2 Å². The van der Waals surface area contributed by atoms with Crippen LogP contribution in [0.3, 0.4) is 0 Å². The minimum absolute atomic E-state index is 0.331. The van der Waals surface area contributed by atoms with Gasteiger partial charge in [-0.25, -0.2) is 8.42 Å². The lowest BCUT2D eigenvalue weighted by molar-refractivity contribution is 0.453. The van der Waals surface area contributed by atoms with E-state index in [1.54, 1.807) is 0 Å². The summed E-state index contributed by atoms with van der Waals surface area (Å²) in [7, 11) is -2.77. The van der Waals surface area contributed by atoms with Gasteiger partial charge in [-0.1, -0.05) is 20.3 Å². The van der Waals surface area contributed by atoms with Gasteiger partial charge in [0.05, 0.1) is 0 Å². The molecule has 3 nitrogen and oxygen atoms in total. The van der Waals surface area contributed by atoms with Gasteiger partial charge in [-0.15, -0.1) is 0 Å². The first-order valence-corrected chi connectivity index (χ1v) is 7.96. The van der Waals surface area contributed by atoms with Gasteiger partial charge in [-0.3, -0.25) is 0 Å². The van der Waals surface area contributed by atoms with Crippen LogP contribution in [0.4, 0.5) is 0 Å². The molecule has 1 N–H and O–H groups in total. The Labute approximate surface area is 94.6 Å². The van der Waals surface area contributed by atoms with E-state index < -0.39 is 9.84 Å². The molecule has 0 aliphatic heterocycles. The zero-order chi connectivity index (χ0) is 11.7. The maximum atomic E-state index is 10.9. The predicted molar refractivity (Wildman–Crippen MR) is 65.9 cm³/mol. The first kappa shape index (κ1) is 14.9. The van der Waals surface area contributed by atoms with Gasteiger partial charge in [0.1, 0.15) is 9.84 Å². The molecule has 0 radical (unpaired) electrons. The third-order valence-electron chi connectivity index (χ3n) is 2.49. The molecule has 1 unspecified atom stereocenters. The topological polar surface area (TPSA) is 46.2 Å². The van der Waals surface area contributed by atoms with Gasteiger partial charge >= 0.3 is 0 Å². The Balaban J connectivity index is 3.54. The highest BCUT2D eigenvalue weighted by atomic mass is 32.2. The summed E-state index contributed by atoms with van der Waals surface area (Å²) in [5.41, 5.74) is 0. The summed E-state index contributed by atoms with van der Waals surface area (Å²) in [6, 6.07) is 0.560. The van der Waals surface area contributed by atoms with Crippen molar-refractivity contribution in [2.45, 2.75) is 52.0 Å². The van der Waals surface area contributed by atoms with E-state index in [0.29, 0.717) is 11.8 Å². The molecule has 1 atom stereocenters. The average Bonchev–Trinajstić information content (AvgIpc) is 2.15. The lowest BCUT2D eigenvalue weighted by Crippen LogP contribution is -2.29. The molecule has 15 heavy (non-hydrogen) atoms. The van der Waals surface area contributed by atoms with Gasteiger partial charge in [-0.2, -0.15) is 0 Å². The van der Waals surface area contributed by atoms with Gasteiger partial charge in [-0.05, 0) is 32.2 Å². The van der Waals surface area contributed by atoms with E-state index >= 15 is 0 Å². The number of sulfone groups is 1. The molecule has 0 aliphatic carbocycles. The van der Waals surface area contributed by atoms with Crippen molar-refractivity contribution in [2.24, 2.45) is 0 Å². The SMILES string of the molecule is CCCNC(CC)CCCCS(C)(=O)=O. The fourth-order valence-electron chi connectivity index (χ4n) is 1.55. The van der Waals surface area contributed by atoms with Crippen molar-refractivity contribution in [1.29, 1.82) is 0 Å². The number of hydrogen-bond donors (Lipinski definition) is 1. The second kappa shape index (κ2) is 8.11. The molecule has 0 aromatic rings. The molecule has 0 aromatic carbocycles. The molecular formula is C11H25NO2S. The maximum Gasteiger partial charge on any atom is 0.147 e. The van der Waals surface area contributed by atoms with Crippen LogP contribution in [-0.4, -0.2) is 33.0 Å². The van der Waals surface area contributed by atoms with E-state index in [1.807, 2.05) is 0 Å². The summed E-state index contributed by atoms with van der Waals surface area (Å²) in [5, 5.41) is 3.47. The minimum atomic E-state index is -2.77. The summed E-state index contributed by atoms with van der Waals surface area (Å²) in [6.45, 7) is 5.39. The summed E-state index contributed by atoms with van der Waals surface area (Å²) < 4.78 is 21.8. The molecule has 0 amide bonds. The fourth-order valence-corrected chi connectivity index (χ4v) is 2.28. The average molecular weight is 235 g/mol. The van der Waals surface area contributed by atoms with Crippen molar-refractivity contribution in [3.8, 4) is 0 Å². The van der Waals surface area contributed by atoms with Gasteiger partial charge < -0.3 is 5.32 Å². The third kappa shape index (κ3) is 10.2. The van der Waals surface area contributed by atoms with Gasteiger partial charge in [0.2, 0.25) is 0 Å². The number of rotatable bonds is 9. The van der Waals surface area contributed by atoms with Crippen LogP contribution in [0.2, 0.25) is 0 Å². The summed E-state index contributed by atoms with van der Waals surface area (Å²) in [6.07, 6.45) is 6.47. The zero-order valence-electron chi connectivity index (χ0n) is 10.3. The van der Waals surface area contributed by atoms with E-state index in [4.69, 9.17) is 0 Å². The van der Waals surface area contributed by atoms with Crippen molar-refractivity contribution in [1.82, 2.24) is 5.32 Å². The summed E-state index contributed by atoms with van der Waals surface area (Å²) in [4.78, 5) is 0. The van der Waals surface area contributed by atoms with Crippen molar-refractivity contribution in [3.05, 3.63) is 0 Å². The van der Waals surface area contributed by atoms with E-state index in [1.165, 1.54) is 6.26 Å². The molecule has 4 heteroatoms. The van der Waals surface area contributed by atoms with Crippen molar-refractivity contribution in [3.63, 3.8) is 0 Å². The number of nitrogens with one attached hydrogen (secondary N) is 1. The molecule has 0 spiro atoms. The Morgan fingerprint density at radius 3 is 2.33 bits per heavy atom. The monoisotopic (exact) mass is 235 g/mol. The molecule has 92 valence electrons. The first-order chi connectivity index (χ1) is 6.99. The zero-order valence-corrected chi connectivity index (χ0v) is 11.1. The number of hydrogen-bond acceptors (Lipinski definition) is 3. The van der Waals surface area contributed by atoms with Crippen molar-refractivity contribution in [2.75, 3.05) is 18.6 Å². The molecule has 0 fully saturated rings. The molecular weight excluding hydrogens is 210 g/mol. The minimum Gasteiger partial charge on any atom is -0.314 e. The quantitative estimate of drug-likeness (QED) is 0.622. The standard InChI is InChI=1S/C11H25NO2S/c1-4-9-12-11(5-2)8-6-7-10-15(3,13)14/h11-12H,4-10H2,1-3H3. The molecule has 0 saturated carbocycles. The van der Waals surface area contributed by atoms with Crippen LogP contribution in [0.5, 0.6) is 0 Å². The Hall–Kier alpha value is -0.0900. The second-order valence-electron chi connectivity index (χ2n) is 4.18. The third-order valence-corrected chi connectivity index (χ3v) is 3.52. The van der Waals surface area contributed by atoms with Crippen molar-refractivity contribution < 1.29 is 8.42 Å². The smallest absolute Gasteiger partial charge is 0.147 e. The Kier molecular flexibility index (Phi) is 8.06. The molecule has 0 heterocycles. The number of unbranched alkanes of at least 4 members (excludes halogenated alkanes) is 1. The highest BCUT2D eigenvalue weighted by Crippen LogP contribution is 2.05. The Morgan fingerprint density at radius 1 is 1.20 bits per heavy atom. The van der Waals surface area contributed by atoms with E-state index in [0.717, 1.165) is 38.6 Å². The van der Waals surface area contributed by atoms with E-state index in [9.17, 15) is 8.42 Å².